The van der Waals surface area contributed by atoms with Crippen molar-refractivity contribution in [3.63, 3.8) is 0 Å². The molecule has 0 spiro atoms. The molecule has 0 aliphatic heterocycles. The van der Waals surface area contributed by atoms with E-state index in [4.69, 9.17) is 5.73 Å². The summed E-state index contributed by atoms with van der Waals surface area (Å²) in [5, 5.41) is 0. The number of nitrogens with two attached hydrogens (primary N) is 1. The number of halogens is 1. The topological polar surface area (TPSA) is 42.1 Å². The maximum atomic E-state index is 12.8. The molecule has 0 bridgehead atoms. The Labute approximate surface area is 121 Å². The van der Waals surface area contributed by atoms with Gasteiger partial charge in [0, 0.05) is 18.6 Å². The fraction of sp³-hybridized carbons (Fsp3) is 0.688. The lowest BCUT2D eigenvalue weighted by Gasteiger charge is -2.24. The highest BCUT2D eigenvalue weighted by Gasteiger charge is 2.28. The van der Waals surface area contributed by atoms with Crippen LogP contribution in [0, 0.1) is 11.7 Å². The minimum Gasteiger partial charge on any atom is -0.323 e. The lowest BCUT2D eigenvalue weighted by molar-refractivity contribution is 0.238. The van der Waals surface area contributed by atoms with Crippen molar-refractivity contribution in [2.75, 3.05) is 13.1 Å². The zero-order chi connectivity index (χ0) is 14.5. The summed E-state index contributed by atoms with van der Waals surface area (Å²) in [5.74, 6) is 0.432. The first-order valence-corrected chi connectivity index (χ1v) is 7.67. The molecule has 1 atom stereocenters. The van der Waals surface area contributed by atoms with Crippen molar-refractivity contribution in [2.45, 2.75) is 51.6 Å². The minimum absolute atomic E-state index is 0.101. The van der Waals surface area contributed by atoms with E-state index in [0.717, 1.165) is 37.2 Å². The van der Waals surface area contributed by atoms with Gasteiger partial charge in [-0.3, -0.25) is 4.98 Å². The molecule has 112 valence electrons. The molecule has 4 heteroatoms. The highest BCUT2D eigenvalue weighted by atomic mass is 19.1. The normalized spacial score (nSPS) is 16.9. The Morgan fingerprint density at radius 3 is 2.55 bits per heavy atom. The Hall–Kier alpha value is -1.00. The van der Waals surface area contributed by atoms with E-state index in [-0.39, 0.29) is 11.9 Å². The average molecular weight is 279 g/mol. The molecule has 0 saturated heterocycles. The van der Waals surface area contributed by atoms with Crippen LogP contribution in [0.4, 0.5) is 4.39 Å². The highest BCUT2D eigenvalue weighted by molar-refractivity contribution is 5.09. The Morgan fingerprint density at radius 1 is 1.30 bits per heavy atom. The summed E-state index contributed by atoms with van der Waals surface area (Å²) in [6.07, 6.45) is 6.00. The summed E-state index contributed by atoms with van der Waals surface area (Å²) in [4.78, 5) is 6.63. The molecule has 3 nitrogen and oxygen atoms in total. The van der Waals surface area contributed by atoms with E-state index < -0.39 is 0 Å². The molecule has 1 heterocycles. The van der Waals surface area contributed by atoms with Gasteiger partial charge in [0.2, 0.25) is 0 Å². The molecule has 1 aliphatic carbocycles. The maximum absolute atomic E-state index is 12.8. The Balaban J connectivity index is 1.80. The first kappa shape index (κ1) is 15.4. The van der Waals surface area contributed by atoms with E-state index in [1.165, 1.54) is 31.5 Å². The molecule has 1 fully saturated rings. The van der Waals surface area contributed by atoms with Crippen LogP contribution in [0.2, 0.25) is 0 Å². The van der Waals surface area contributed by atoms with Crippen molar-refractivity contribution < 1.29 is 4.39 Å². The van der Waals surface area contributed by atoms with E-state index in [9.17, 15) is 4.39 Å². The Kier molecular flexibility index (Phi) is 5.49. The fourth-order valence-electron chi connectivity index (χ4n) is 2.40. The zero-order valence-electron chi connectivity index (χ0n) is 12.6. The van der Waals surface area contributed by atoms with Crippen molar-refractivity contribution >= 4 is 0 Å². The third kappa shape index (κ3) is 4.84. The number of nitrogens with zero attached hydrogens (tertiary/aromatic N) is 2. The van der Waals surface area contributed by atoms with Gasteiger partial charge < -0.3 is 10.6 Å². The molecule has 0 radical (unpaired) electrons. The lowest BCUT2D eigenvalue weighted by Crippen LogP contribution is -2.31. The van der Waals surface area contributed by atoms with Crippen molar-refractivity contribution in [1.82, 2.24) is 9.88 Å². The molecule has 1 saturated carbocycles. The van der Waals surface area contributed by atoms with Gasteiger partial charge in [0.05, 0.1) is 11.9 Å². The lowest BCUT2D eigenvalue weighted by atomic mass is 10.1. The van der Waals surface area contributed by atoms with Gasteiger partial charge in [-0.1, -0.05) is 13.8 Å². The number of hydrogen-bond acceptors (Lipinski definition) is 3. The zero-order valence-corrected chi connectivity index (χ0v) is 12.6. The molecule has 20 heavy (non-hydrogen) atoms. The van der Waals surface area contributed by atoms with Crippen LogP contribution >= 0.6 is 0 Å². The van der Waals surface area contributed by atoms with E-state index in [0.29, 0.717) is 0 Å². The Bertz CT molecular complexity index is 401. The summed E-state index contributed by atoms with van der Waals surface area (Å²) in [6, 6.07) is 3.79. The third-order valence-corrected chi connectivity index (χ3v) is 3.91. The van der Waals surface area contributed by atoms with E-state index in [1.54, 1.807) is 6.07 Å². The second-order valence-electron chi connectivity index (χ2n) is 6.25. The minimum atomic E-state index is -0.308. The van der Waals surface area contributed by atoms with Gasteiger partial charge in [0.1, 0.15) is 5.82 Å². The number of rotatable bonds is 8. The van der Waals surface area contributed by atoms with Crippen LogP contribution in [0.25, 0.3) is 0 Å². The average Bonchev–Trinajstić information content (AvgIpc) is 3.23. The molecule has 1 unspecified atom stereocenters. The van der Waals surface area contributed by atoms with E-state index >= 15 is 0 Å². The SMILES string of the molecule is CC(C)CCN(CCC(N)c1ccc(F)cn1)C1CC1. The first-order chi connectivity index (χ1) is 9.56. The fourth-order valence-corrected chi connectivity index (χ4v) is 2.40. The van der Waals surface area contributed by atoms with Crippen molar-refractivity contribution in [1.29, 1.82) is 0 Å². The van der Waals surface area contributed by atoms with Gasteiger partial charge >= 0.3 is 0 Å². The monoisotopic (exact) mass is 279 g/mol. The maximum Gasteiger partial charge on any atom is 0.141 e. The van der Waals surface area contributed by atoms with Gasteiger partial charge in [0.15, 0.2) is 0 Å². The van der Waals surface area contributed by atoms with Crippen molar-refractivity contribution in [3.8, 4) is 0 Å². The predicted molar refractivity (Wildman–Crippen MR) is 79.8 cm³/mol. The van der Waals surface area contributed by atoms with Gasteiger partial charge in [-0.15, -0.1) is 0 Å². The molecule has 1 aliphatic rings. The summed E-state index contributed by atoms with van der Waals surface area (Å²) in [7, 11) is 0. The smallest absolute Gasteiger partial charge is 0.141 e. The van der Waals surface area contributed by atoms with Crippen LogP contribution in [0.15, 0.2) is 18.3 Å². The van der Waals surface area contributed by atoms with Gasteiger partial charge in [-0.2, -0.15) is 0 Å². The van der Waals surface area contributed by atoms with E-state index in [2.05, 4.69) is 23.7 Å². The molecular weight excluding hydrogens is 253 g/mol. The molecule has 1 aromatic heterocycles. The standard InChI is InChI=1S/C16H26FN3/c1-12(2)7-9-20(14-4-5-14)10-8-15(18)16-6-3-13(17)11-19-16/h3,6,11-12,14-15H,4-5,7-10,18H2,1-2H3. The number of hydrogen-bond donors (Lipinski definition) is 1. The van der Waals surface area contributed by atoms with E-state index in [1.807, 2.05) is 0 Å². The second-order valence-corrected chi connectivity index (χ2v) is 6.25. The molecule has 2 rings (SSSR count). The molecule has 0 aromatic carbocycles. The summed E-state index contributed by atoms with van der Waals surface area (Å²) in [5.41, 5.74) is 6.94. The Morgan fingerprint density at radius 2 is 2.00 bits per heavy atom. The summed E-state index contributed by atoms with van der Waals surface area (Å²) >= 11 is 0. The third-order valence-electron chi connectivity index (χ3n) is 3.91. The molecule has 0 amide bonds. The summed E-state index contributed by atoms with van der Waals surface area (Å²) < 4.78 is 12.8. The van der Waals surface area contributed by atoms with Crippen LogP contribution in [0.1, 0.15) is 51.3 Å². The molecular formula is C16H26FN3. The molecule has 2 N–H and O–H groups in total. The van der Waals surface area contributed by atoms with Gasteiger partial charge in [0.25, 0.3) is 0 Å². The van der Waals surface area contributed by atoms with Crippen molar-refractivity contribution in [2.24, 2.45) is 11.7 Å². The first-order valence-electron chi connectivity index (χ1n) is 7.67. The number of aromatic nitrogens is 1. The quantitative estimate of drug-likeness (QED) is 0.795. The van der Waals surface area contributed by atoms with Crippen molar-refractivity contribution in [3.05, 3.63) is 29.8 Å². The van der Waals surface area contributed by atoms with Crippen LogP contribution < -0.4 is 5.73 Å². The highest BCUT2D eigenvalue weighted by Crippen LogP contribution is 2.28. The summed E-state index contributed by atoms with van der Waals surface area (Å²) in [6.45, 7) is 6.70. The van der Waals surface area contributed by atoms with Crippen LogP contribution in [-0.2, 0) is 0 Å². The predicted octanol–water partition coefficient (Wildman–Crippen LogP) is 3.12. The number of pyridine rings is 1. The van der Waals surface area contributed by atoms with Gasteiger partial charge in [-0.25, -0.2) is 4.39 Å². The van der Waals surface area contributed by atoms with Crippen LogP contribution in [0.3, 0.4) is 0 Å². The van der Waals surface area contributed by atoms with Crippen LogP contribution in [-0.4, -0.2) is 29.0 Å². The van der Waals surface area contributed by atoms with Crippen LogP contribution in [0.5, 0.6) is 0 Å². The largest absolute Gasteiger partial charge is 0.323 e. The second kappa shape index (κ2) is 7.14. The molecule has 1 aromatic rings. The van der Waals surface area contributed by atoms with Gasteiger partial charge in [-0.05, 0) is 50.3 Å².